The Hall–Kier alpha value is -3.08. The van der Waals surface area contributed by atoms with Crippen LogP contribution in [0.2, 0.25) is 0 Å². The number of hydrogen-bond acceptors (Lipinski definition) is 3. The van der Waals surface area contributed by atoms with Gasteiger partial charge in [-0.05, 0) is 50.8 Å². The van der Waals surface area contributed by atoms with Gasteiger partial charge in [0, 0.05) is 29.5 Å². The number of amides is 1. The molecule has 1 amide bonds. The lowest BCUT2D eigenvalue weighted by Gasteiger charge is -2.36. The Kier molecular flexibility index (Phi) is 5.88. The van der Waals surface area contributed by atoms with Crippen molar-refractivity contribution in [3.05, 3.63) is 82.7 Å². The molecule has 0 aliphatic carbocycles. The predicted octanol–water partition coefficient (Wildman–Crippen LogP) is 4.01. The Balaban J connectivity index is 1.41. The molecule has 0 spiro atoms. The summed E-state index contributed by atoms with van der Waals surface area (Å²) in [6, 6.07) is 19.1. The van der Waals surface area contributed by atoms with Gasteiger partial charge in [-0.3, -0.25) is 9.48 Å². The molecule has 0 saturated heterocycles. The average Bonchev–Trinajstić information content (AvgIpc) is 3.02. The monoisotopic (exact) mass is 402 g/mol. The van der Waals surface area contributed by atoms with E-state index in [1.54, 1.807) is 0 Å². The molecule has 3 aromatic rings. The second-order valence-electron chi connectivity index (χ2n) is 8.21. The van der Waals surface area contributed by atoms with E-state index in [-0.39, 0.29) is 5.91 Å². The number of carbonyl (C=O) groups excluding carboxylic acids is 1. The Morgan fingerprint density at radius 3 is 2.63 bits per heavy atom. The molecule has 1 N–H and O–H groups in total. The normalized spacial score (nSPS) is 15.7. The van der Waals surface area contributed by atoms with Crippen molar-refractivity contribution in [2.75, 3.05) is 11.4 Å². The highest BCUT2D eigenvalue weighted by atomic mass is 16.2. The van der Waals surface area contributed by atoms with Crippen molar-refractivity contribution >= 4 is 11.6 Å². The third-order valence-electron chi connectivity index (χ3n) is 6.15. The zero-order valence-electron chi connectivity index (χ0n) is 18.1. The minimum atomic E-state index is 0.0492. The first-order valence-electron chi connectivity index (χ1n) is 10.7. The van der Waals surface area contributed by atoms with Gasteiger partial charge in [0.2, 0.25) is 5.91 Å². The Morgan fingerprint density at radius 1 is 1.10 bits per heavy atom. The van der Waals surface area contributed by atoms with E-state index < -0.39 is 0 Å². The molecule has 2 aromatic carbocycles. The number of nitrogens with zero attached hydrogens (tertiary/aromatic N) is 3. The first-order chi connectivity index (χ1) is 14.5. The number of aryl methyl sites for hydroxylation is 2. The first kappa shape index (κ1) is 20.2. The summed E-state index contributed by atoms with van der Waals surface area (Å²) in [5.41, 5.74) is 6.92. The van der Waals surface area contributed by atoms with Gasteiger partial charge in [-0.1, -0.05) is 48.5 Å². The molecule has 1 atom stereocenters. The van der Waals surface area contributed by atoms with Crippen molar-refractivity contribution < 1.29 is 4.79 Å². The van der Waals surface area contributed by atoms with Crippen LogP contribution in [0.5, 0.6) is 0 Å². The van der Waals surface area contributed by atoms with Gasteiger partial charge in [0.15, 0.2) is 0 Å². The standard InChI is InChI=1S/C25H30N4O/c1-18-13-14-22-11-7-8-12-24(22)28(18)17-25(30)26-15-23-19(2)27-29(20(23)3)16-21-9-5-4-6-10-21/h4-12,18H,13-17H2,1-3H3,(H,26,30)/t18-/m1/s1. The summed E-state index contributed by atoms with van der Waals surface area (Å²) in [4.78, 5) is 15.0. The van der Waals surface area contributed by atoms with Crippen molar-refractivity contribution in [2.24, 2.45) is 0 Å². The number of fused-ring (bicyclic) bond motifs is 1. The molecule has 0 unspecified atom stereocenters. The van der Waals surface area contributed by atoms with E-state index >= 15 is 0 Å². The summed E-state index contributed by atoms with van der Waals surface area (Å²) in [5.74, 6) is 0.0492. The maximum Gasteiger partial charge on any atom is 0.239 e. The van der Waals surface area contributed by atoms with E-state index in [9.17, 15) is 4.79 Å². The molecular formula is C25H30N4O. The number of benzene rings is 2. The molecule has 1 aliphatic rings. The molecular weight excluding hydrogens is 372 g/mol. The van der Waals surface area contributed by atoms with Crippen LogP contribution < -0.4 is 10.2 Å². The largest absolute Gasteiger partial charge is 0.359 e. The van der Waals surface area contributed by atoms with E-state index in [1.165, 1.54) is 16.8 Å². The van der Waals surface area contributed by atoms with Crippen LogP contribution in [-0.2, 0) is 24.3 Å². The molecule has 156 valence electrons. The second-order valence-corrected chi connectivity index (χ2v) is 8.21. The van der Waals surface area contributed by atoms with Gasteiger partial charge in [-0.15, -0.1) is 0 Å². The van der Waals surface area contributed by atoms with E-state index in [2.05, 4.69) is 60.5 Å². The van der Waals surface area contributed by atoms with Crippen LogP contribution in [0.4, 0.5) is 5.69 Å². The Morgan fingerprint density at radius 2 is 1.83 bits per heavy atom. The quantitative estimate of drug-likeness (QED) is 0.678. The SMILES string of the molecule is Cc1nn(Cc2ccccc2)c(C)c1CNC(=O)CN1c2ccccc2CC[C@H]1C. The van der Waals surface area contributed by atoms with E-state index in [0.717, 1.165) is 36.3 Å². The summed E-state index contributed by atoms with van der Waals surface area (Å²) >= 11 is 0. The molecule has 5 heteroatoms. The number of hydrogen-bond donors (Lipinski definition) is 1. The number of aromatic nitrogens is 2. The molecule has 1 aliphatic heterocycles. The van der Waals surface area contributed by atoms with Crippen molar-refractivity contribution in [3.63, 3.8) is 0 Å². The van der Waals surface area contributed by atoms with Gasteiger partial charge in [0.25, 0.3) is 0 Å². The van der Waals surface area contributed by atoms with Gasteiger partial charge in [0.1, 0.15) is 0 Å². The topological polar surface area (TPSA) is 50.2 Å². The van der Waals surface area contributed by atoms with Gasteiger partial charge >= 0.3 is 0 Å². The highest BCUT2D eigenvalue weighted by Crippen LogP contribution is 2.30. The Bertz CT molecular complexity index is 1020. The van der Waals surface area contributed by atoms with Crippen LogP contribution in [0.1, 0.15) is 41.4 Å². The van der Waals surface area contributed by atoms with Crippen LogP contribution in [0.3, 0.4) is 0 Å². The van der Waals surface area contributed by atoms with Crippen LogP contribution in [0, 0.1) is 13.8 Å². The van der Waals surface area contributed by atoms with Crippen molar-refractivity contribution in [2.45, 2.75) is 52.7 Å². The number of para-hydroxylation sites is 1. The van der Waals surface area contributed by atoms with Crippen molar-refractivity contribution in [1.29, 1.82) is 0 Å². The minimum Gasteiger partial charge on any atom is -0.359 e. The number of nitrogens with one attached hydrogen (secondary N) is 1. The molecule has 0 fully saturated rings. The Labute approximate surface area is 178 Å². The highest BCUT2D eigenvalue weighted by Gasteiger charge is 2.24. The first-order valence-corrected chi connectivity index (χ1v) is 10.7. The van der Waals surface area contributed by atoms with Crippen LogP contribution >= 0.6 is 0 Å². The van der Waals surface area contributed by atoms with E-state index in [1.807, 2.05) is 29.8 Å². The summed E-state index contributed by atoms with van der Waals surface area (Å²) in [6.07, 6.45) is 2.16. The summed E-state index contributed by atoms with van der Waals surface area (Å²) < 4.78 is 2.02. The number of anilines is 1. The second kappa shape index (κ2) is 8.74. The van der Waals surface area contributed by atoms with Crippen LogP contribution in [-0.4, -0.2) is 28.3 Å². The maximum atomic E-state index is 12.8. The van der Waals surface area contributed by atoms with Gasteiger partial charge < -0.3 is 10.2 Å². The molecule has 0 bridgehead atoms. The minimum absolute atomic E-state index is 0.0492. The van der Waals surface area contributed by atoms with Crippen LogP contribution in [0.25, 0.3) is 0 Å². The summed E-state index contributed by atoms with van der Waals surface area (Å²) in [6.45, 7) is 7.92. The third-order valence-corrected chi connectivity index (χ3v) is 6.15. The fraction of sp³-hybridized carbons (Fsp3) is 0.360. The van der Waals surface area contributed by atoms with Crippen molar-refractivity contribution in [1.82, 2.24) is 15.1 Å². The van der Waals surface area contributed by atoms with Gasteiger partial charge in [0.05, 0.1) is 18.8 Å². The maximum absolute atomic E-state index is 12.8. The molecule has 5 nitrogen and oxygen atoms in total. The smallest absolute Gasteiger partial charge is 0.239 e. The molecule has 30 heavy (non-hydrogen) atoms. The predicted molar refractivity (Wildman–Crippen MR) is 121 cm³/mol. The summed E-state index contributed by atoms with van der Waals surface area (Å²) in [7, 11) is 0. The molecule has 0 saturated carbocycles. The number of carbonyl (C=O) groups is 1. The van der Waals surface area contributed by atoms with Gasteiger partial charge in [-0.25, -0.2) is 0 Å². The van der Waals surface area contributed by atoms with E-state index in [0.29, 0.717) is 19.1 Å². The van der Waals surface area contributed by atoms with Gasteiger partial charge in [-0.2, -0.15) is 5.10 Å². The molecule has 2 heterocycles. The summed E-state index contributed by atoms with van der Waals surface area (Å²) in [5, 5.41) is 7.82. The molecule has 0 radical (unpaired) electrons. The van der Waals surface area contributed by atoms with Crippen LogP contribution in [0.15, 0.2) is 54.6 Å². The zero-order chi connectivity index (χ0) is 21.1. The molecule has 4 rings (SSSR count). The van der Waals surface area contributed by atoms with E-state index in [4.69, 9.17) is 5.10 Å². The fourth-order valence-corrected chi connectivity index (χ4v) is 4.30. The highest BCUT2D eigenvalue weighted by molar-refractivity contribution is 5.82. The average molecular weight is 403 g/mol. The number of rotatable bonds is 6. The zero-order valence-corrected chi connectivity index (χ0v) is 18.1. The fourth-order valence-electron chi connectivity index (χ4n) is 4.30. The lowest BCUT2D eigenvalue weighted by Crippen LogP contribution is -2.44. The molecule has 1 aromatic heterocycles. The van der Waals surface area contributed by atoms with Crippen molar-refractivity contribution in [3.8, 4) is 0 Å². The lowest BCUT2D eigenvalue weighted by molar-refractivity contribution is -0.120. The third kappa shape index (κ3) is 4.25. The lowest BCUT2D eigenvalue weighted by atomic mass is 9.96.